The quantitative estimate of drug-likeness (QED) is 0.347. The van der Waals surface area contributed by atoms with Gasteiger partial charge in [0.2, 0.25) is 10.0 Å². The largest absolute Gasteiger partial charge is 0.357 e. The van der Waals surface area contributed by atoms with Crippen LogP contribution in [0.5, 0.6) is 0 Å². The van der Waals surface area contributed by atoms with E-state index in [9.17, 15) is 8.42 Å². The van der Waals surface area contributed by atoms with Crippen molar-refractivity contribution in [3.8, 4) is 0 Å². The second-order valence-corrected chi connectivity index (χ2v) is 9.88. The van der Waals surface area contributed by atoms with Gasteiger partial charge < -0.3 is 10.6 Å². The zero-order valence-corrected chi connectivity index (χ0v) is 19.1. The molecule has 8 heteroatoms. The maximum Gasteiger partial charge on any atom is 0.214 e. The van der Waals surface area contributed by atoms with Gasteiger partial charge in [0.25, 0.3) is 0 Å². The molecule has 0 amide bonds. The van der Waals surface area contributed by atoms with Crippen LogP contribution in [0.3, 0.4) is 0 Å². The lowest BCUT2D eigenvalue weighted by Crippen LogP contribution is -2.47. The number of rotatable bonds is 5. The maximum absolute atomic E-state index is 11.9. The zero-order chi connectivity index (χ0) is 17.7. The minimum absolute atomic E-state index is 0. The summed E-state index contributed by atoms with van der Waals surface area (Å²) in [6.45, 7) is 4.56. The summed E-state index contributed by atoms with van der Waals surface area (Å²) in [6, 6.07) is 0.507. The Morgan fingerprint density at radius 3 is 2.58 bits per heavy atom. The molecule has 3 fully saturated rings. The van der Waals surface area contributed by atoms with Crippen LogP contribution in [0, 0.1) is 11.8 Å². The number of nitrogens with one attached hydrogen (secondary N) is 2. The molecule has 1 heterocycles. The van der Waals surface area contributed by atoms with Crippen LogP contribution in [0.4, 0.5) is 0 Å². The van der Waals surface area contributed by atoms with Crippen LogP contribution in [-0.2, 0) is 10.0 Å². The lowest BCUT2D eigenvalue weighted by atomic mass is 9.69. The van der Waals surface area contributed by atoms with Gasteiger partial charge in [0.1, 0.15) is 0 Å². The van der Waals surface area contributed by atoms with Crippen LogP contribution in [0.2, 0.25) is 0 Å². The number of halogens is 1. The fourth-order valence-corrected chi connectivity index (χ4v) is 6.25. The SMILES string of the molecule is CCNC(=NCCN1CCCS1(=O)=O)NC1CCC2CCCCC2C1.I. The second kappa shape index (κ2) is 10.5. The predicted octanol–water partition coefficient (Wildman–Crippen LogP) is 2.55. The van der Waals surface area contributed by atoms with E-state index in [1.165, 1.54) is 44.9 Å². The van der Waals surface area contributed by atoms with Gasteiger partial charge in [-0.05, 0) is 44.4 Å². The van der Waals surface area contributed by atoms with Gasteiger partial charge in [-0.15, -0.1) is 24.0 Å². The molecule has 0 aromatic rings. The molecular formula is C18H35IN4O2S. The first-order valence-corrected chi connectivity index (χ1v) is 11.7. The minimum atomic E-state index is -3.01. The fraction of sp³-hybridized carbons (Fsp3) is 0.944. The first-order valence-electron chi connectivity index (χ1n) is 10.1. The number of fused-ring (bicyclic) bond motifs is 1. The highest BCUT2D eigenvalue weighted by atomic mass is 127. The Morgan fingerprint density at radius 2 is 1.88 bits per heavy atom. The number of nitrogens with zero attached hydrogens (tertiary/aromatic N) is 2. The Bertz CT molecular complexity index is 570. The first-order chi connectivity index (χ1) is 12.1. The molecule has 2 saturated carbocycles. The van der Waals surface area contributed by atoms with Gasteiger partial charge in [-0.2, -0.15) is 0 Å². The molecule has 152 valence electrons. The molecule has 1 saturated heterocycles. The Morgan fingerprint density at radius 1 is 1.12 bits per heavy atom. The van der Waals surface area contributed by atoms with Gasteiger partial charge in [-0.1, -0.05) is 25.7 Å². The van der Waals surface area contributed by atoms with E-state index in [0.717, 1.165) is 30.8 Å². The number of sulfonamides is 1. The molecule has 0 spiro atoms. The topological polar surface area (TPSA) is 73.8 Å². The molecule has 1 aliphatic heterocycles. The second-order valence-electron chi connectivity index (χ2n) is 7.79. The van der Waals surface area contributed by atoms with E-state index in [0.29, 0.717) is 31.4 Å². The predicted molar refractivity (Wildman–Crippen MR) is 118 cm³/mol. The van der Waals surface area contributed by atoms with Gasteiger partial charge in [0, 0.05) is 25.7 Å². The molecule has 0 aromatic heterocycles. The first kappa shape index (κ1) is 22.2. The van der Waals surface area contributed by atoms with Crippen molar-refractivity contribution in [2.24, 2.45) is 16.8 Å². The Labute approximate surface area is 176 Å². The van der Waals surface area contributed by atoms with E-state index in [1.807, 2.05) is 0 Å². The number of hydrogen-bond donors (Lipinski definition) is 2. The Kier molecular flexibility index (Phi) is 8.93. The van der Waals surface area contributed by atoms with Crippen molar-refractivity contribution in [1.29, 1.82) is 0 Å². The van der Waals surface area contributed by atoms with E-state index in [4.69, 9.17) is 0 Å². The smallest absolute Gasteiger partial charge is 0.214 e. The van der Waals surface area contributed by atoms with Crippen LogP contribution in [0.15, 0.2) is 4.99 Å². The molecule has 26 heavy (non-hydrogen) atoms. The van der Waals surface area contributed by atoms with E-state index in [1.54, 1.807) is 4.31 Å². The maximum atomic E-state index is 11.9. The summed E-state index contributed by atoms with van der Waals surface area (Å²) in [7, 11) is -3.01. The van der Waals surface area contributed by atoms with Crippen molar-refractivity contribution in [3.05, 3.63) is 0 Å². The summed E-state index contributed by atoms with van der Waals surface area (Å²) in [5, 5.41) is 6.93. The zero-order valence-electron chi connectivity index (χ0n) is 16.0. The average Bonchev–Trinajstić information content (AvgIpc) is 2.93. The molecule has 0 bridgehead atoms. The van der Waals surface area contributed by atoms with Gasteiger partial charge in [0.15, 0.2) is 5.96 Å². The summed E-state index contributed by atoms with van der Waals surface area (Å²) in [6.07, 6.45) is 10.2. The molecule has 0 aromatic carbocycles. The molecule has 3 unspecified atom stereocenters. The highest BCUT2D eigenvalue weighted by molar-refractivity contribution is 14.0. The van der Waals surface area contributed by atoms with Crippen molar-refractivity contribution in [2.45, 2.75) is 64.3 Å². The fourth-order valence-electron chi connectivity index (χ4n) is 4.73. The molecule has 2 N–H and O–H groups in total. The summed E-state index contributed by atoms with van der Waals surface area (Å²) < 4.78 is 25.3. The van der Waals surface area contributed by atoms with E-state index >= 15 is 0 Å². The summed E-state index contributed by atoms with van der Waals surface area (Å²) in [5.74, 6) is 2.97. The summed E-state index contributed by atoms with van der Waals surface area (Å²) in [4.78, 5) is 4.63. The normalized spacial score (nSPS) is 31.7. The number of hydrogen-bond acceptors (Lipinski definition) is 3. The third kappa shape index (κ3) is 5.95. The van der Waals surface area contributed by atoms with Crippen molar-refractivity contribution in [3.63, 3.8) is 0 Å². The highest BCUT2D eigenvalue weighted by Crippen LogP contribution is 2.40. The van der Waals surface area contributed by atoms with Crippen molar-refractivity contribution in [2.75, 3.05) is 31.9 Å². The molecule has 3 aliphatic rings. The van der Waals surface area contributed by atoms with Crippen LogP contribution >= 0.6 is 24.0 Å². The van der Waals surface area contributed by atoms with Gasteiger partial charge in [-0.25, -0.2) is 12.7 Å². The van der Waals surface area contributed by atoms with Crippen LogP contribution in [0.25, 0.3) is 0 Å². The van der Waals surface area contributed by atoms with E-state index in [-0.39, 0.29) is 24.0 Å². The van der Waals surface area contributed by atoms with Gasteiger partial charge in [0.05, 0.1) is 12.3 Å². The number of aliphatic imine (C=N–C) groups is 1. The lowest BCUT2D eigenvalue weighted by Gasteiger charge is -2.39. The third-order valence-electron chi connectivity index (χ3n) is 6.05. The van der Waals surface area contributed by atoms with Crippen LogP contribution in [0.1, 0.15) is 58.3 Å². The van der Waals surface area contributed by atoms with Crippen LogP contribution in [-0.4, -0.2) is 56.7 Å². The Hall–Kier alpha value is -0.0900. The number of guanidine groups is 1. The summed E-state index contributed by atoms with van der Waals surface area (Å²) in [5.41, 5.74) is 0. The standard InChI is InChI=1S/C18H34N4O2S.HI/c1-2-19-18(20-10-12-22-11-5-13-25(22,23)24)21-17-9-8-15-6-3-4-7-16(15)14-17;/h15-17H,2-14H2,1H3,(H2,19,20,21);1H. The van der Waals surface area contributed by atoms with E-state index < -0.39 is 10.0 Å². The molecule has 2 aliphatic carbocycles. The lowest BCUT2D eigenvalue weighted by molar-refractivity contribution is 0.150. The highest BCUT2D eigenvalue weighted by Gasteiger charge is 2.32. The Balaban J connectivity index is 0.00000243. The van der Waals surface area contributed by atoms with Gasteiger partial charge >= 0.3 is 0 Å². The minimum Gasteiger partial charge on any atom is -0.357 e. The van der Waals surface area contributed by atoms with Crippen molar-refractivity contribution in [1.82, 2.24) is 14.9 Å². The monoisotopic (exact) mass is 498 g/mol. The molecule has 3 atom stereocenters. The van der Waals surface area contributed by atoms with Crippen molar-refractivity contribution >= 4 is 40.0 Å². The van der Waals surface area contributed by atoms with Crippen LogP contribution < -0.4 is 10.6 Å². The van der Waals surface area contributed by atoms with Crippen molar-refractivity contribution < 1.29 is 8.42 Å². The molecule has 6 nitrogen and oxygen atoms in total. The third-order valence-corrected chi connectivity index (χ3v) is 8.00. The summed E-state index contributed by atoms with van der Waals surface area (Å²) >= 11 is 0. The molecule has 3 rings (SSSR count). The molecule has 0 radical (unpaired) electrons. The average molecular weight is 498 g/mol. The van der Waals surface area contributed by atoms with E-state index in [2.05, 4.69) is 22.5 Å². The molecular weight excluding hydrogens is 463 g/mol. The van der Waals surface area contributed by atoms with Gasteiger partial charge in [-0.3, -0.25) is 4.99 Å².